The maximum absolute atomic E-state index is 6.27. The Morgan fingerprint density at radius 3 is 1.86 bits per heavy atom. The predicted molar refractivity (Wildman–Crippen MR) is 94.4 cm³/mol. The first-order chi connectivity index (χ1) is 10.7. The lowest BCUT2D eigenvalue weighted by molar-refractivity contribution is -1.02. The zero-order valence-corrected chi connectivity index (χ0v) is 15.0. The first kappa shape index (κ1) is 16.0. The van der Waals surface area contributed by atoms with Gasteiger partial charge in [-0.2, -0.15) is 0 Å². The van der Waals surface area contributed by atoms with E-state index in [0.717, 1.165) is 18.1 Å². The SMILES string of the molecule is Clc1ccccc1C[NH+]1CC[NH+](Cc2ccccc2Br)CC1. The van der Waals surface area contributed by atoms with Gasteiger partial charge < -0.3 is 9.80 Å². The van der Waals surface area contributed by atoms with Crippen LogP contribution in [-0.4, -0.2) is 26.2 Å². The van der Waals surface area contributed by atoms with E-state index < -0.39 is 0 Å². The van der Waals surface area contributed by atoms with E-state index in [0.29, 0.717) is 0 Å². The van der Waals surface area contributed by atoms with Crippen molar-refractivity contribution in [2.45, 2.75) is 13.1 Å². The van der Waals surface area contributed by atoms with E-state index in [-0.39, 0.29) is 0 Å². The van der Waals surface area contributed by atoms with Crippen molar-refractivity contribution in [2.75, 3.05) is 26.2 Å². The average Bonchev–Trinajstić information content (AvgIpc) is 2.54. The summed E-state index contributed by atoms with van der Waals surface area (Å²) in [7, 11) is 0. The molecule has 0 spiro atoms. The second-order valence-electron chi connectivity index (χ2n) is 6.04. The van der Waals surface area contributed by atoms with Crippen LogP contribution in [-0.2, 0) is 13.1 Å². The highest BCUT2D eigenvalue weighted by Gasteiger charge is 2.24. The Bertz CT molecular complexity index is 568. The molecule has 4 heteroatoms. The first-order valence-electron chi connectivity index (χ1n) is 7.86. The molecule has 0 bridgehead atoms. The fourth-order valence-corrected chi connectivity index (χ4v) is 3.76. The topological polar surface area (TPSA) is 8.88 Å². The molecule has 1 fully saturated rings. The average molecular weight is 382 g/mol. The molecule has 1 aliphatic heterocycles. The number of nitrogens with one attached hydrogen (secondary N) is 2. The Morgan fingerprint density at radius 2 is 1.27 bits per heavy atom. The summed E-state index contributed by atoms with van der Waals surface area (Å²) in [5, 5.41) is 0.901. The molecule has 116 valence electrons. The van der Waals surface area contributed by atoms with E-state index in [2.05, 4.69) is 52.3 Å². The first-order valence-corrected chi connectivity index (χ1v) is 9.03. The summed E-state index contributed by atoms with van der Waals surface area (Å²) in [6.07, 6.45) is 0. The minimum atomic E-state index is 0.901. The van der Waals surface area contributed by atoms with Crippen LogP contribution in [0.15, 0.2) is 53.0 Å². The molecule has 3 rings (SSSR count). The molecule has 22 heavy (non-hydrogen) atoms. The van der Waals surface area contributed by atoms with Crippen molar-refractivity contribution in [3.63, 3.8) is 0 Å². The third-order valence-corrected chi connectivity index (χ3v) is 5.60. The lowest BCUT2D eigenvalue weighted by Gasteiger charge is -2.30. The molecule has 1 heterocycles. The predicted octanol–water partition coefficient (Wildman–Crippen LogP) is 1.59. The maximum atomic E-state index is 6.27. The molecule has 0 amide bonds. The van der Waals surface area contributed by atoms with Crippen LogP contribution < -0.4 is 9.80 Å². The molecule has 0 radical (unpaired) electrons. The normalized spacial score (nSPS) is 21.7. The number of halogens is 2. The Labute approximate surface area is 145 Å². The number of hydrogen-bond acceptors (Lipinski definition) is 0. The van der Waals surface area contributed by atoms with Crippen molar-refractivity contribution in [3.05, 3.63) is 69.2 Å². The third kappa shape index (κ3) is 4.11. The smallest absolute Gasteiger partial charge is 0.127 e. The number of hydrogen-bond donors (Lipinski definition) is 2. The highest BCUT2D eigenvalue weighted by Crippen LogP contribution is 2.14. The summed E-state index contributed by atoms with van der Waals surface area (Å²) in [5.41, 5.74) is 2.68. The lowest BCUT2D eigenvalue weighted by atomic mass is 10.1. The van der Waals surface area contributed by atoms with E-state index >= 15 is 0 Å². The van der Waals surface area contributed by atoms with Crippen molar-refractivity contribution in [2.24, 2.45) is 0 Å². The second-order valence-corrected chi connectivity index (χ2v) is 7.30. The van der Waals surface area contributed by atoms with E-state index in [1.54, 1.807) is 9.80 Å². The molecule has 0 unspecified atom stereocenters. The van der Waals surface area contributed by atoms with Gasteiger partial charge in [-0.1, -0.05) is 63.9 Å². The molecule has 2 aromatic rings. The van der Waals surface area contributed by atoms with E-state index in [1.807, 2.05) is 12.1 Å². The van der Waals surface area contributed by atoms with Gasteiger partial charge in [0.15, 0.2) is 0 Å². The highest BCUT2D eigenvalue weighted by molar-refractivity contribution is 9.10. The molecular weight excluding hydrogens is 360 g/mol. The van der Waals surface area contributed by atoms with Crippen LogP contribution in [0.3, 0.4) is 0 Å². The monoisotopic (exact) mass is 380 g/mol. The minimum absolute atomic E-state index is 0.901. The van der Waals surface area contributed by atoms with E-state index in [1.165, 1.54) is 41.8 Å². The molecular formula is C18H22BrClN2+2. The Morgan fingerprint density at radius 1 is 0.773 bits per heavy atom. The molecule has 0 atom stereocenters. The highest BCUT2D eigenvalue weighted by atomic mass is 79.9. The minimum Gasteiger partial charge on any atom is -0.322 e. The van der Waals surface area contributed by atoms with Crippen molar-refractivity contribution in [1.82, 2.24) is 0 Å². The number of piperazine rings is 1. The summed E-state index contributed by atoms with van der Waals surface area (Å²) in [6, 6.07) is 16.8. The summed E-state index contributed by atoms with van der Waals surface area (Å²) in [5.74, 6) is 0. The van der Waals surface area contributed by atoms with Crippen LogP contribution in [0.5, 0.6) is 0 Å². The third-order valence-electron chi connectivity index (χ3n) is 4.46. The number of benzene rings is 2. The quantitative estimate of drug-likeness (QED) is 0.796. The largest absolute Gasteiger partial charge is 0.322 e. The lowest BCUT2D eigenvalue weighted by Crippen LogP contribution is -3.27. The molecule has 0 aromatic heterocycles. The fourth-order valence-electron chi connectivity index (χ4n) is 3.13. The van der Waals surface area contributed by atoms with Crippen molar-refractivity contribution < 1.29 is 9.80 Å². The van der Waals surface area contributed by atoms with Gasteiger partial charge in [0, 0.05) is 20.6 Å². The van der Waals surface area contributed by atoms with Gasteiger partial charge in [-0.05, 0) is 12.1 Å². The van der Waals surface area contributed by atoms with Gasteiger partial charge in [0.25, 0.3) is 0 Å². The molecule has 2 nitrogen and oxygen atoms in total. The summed E-state index contributed by atoms with van der Waals surface area (Å²) in [6.45, 7) is 7.03. The number of rotatable bonds is 4. The van der Waals surface area contributed by atoms with Gasteiger partial charge in [0.1, 0.15) is 39.3 Å². The van der Waals surface area contributed by atoms with Crippen LogP contribution in [0.1, 0.15) is 11.1 Å². The van der Waals surface area contributed by atoms with Gasteiger partial charge in [0.2, 0.25) is 0 Å². The molecule has 1 saturated heterocycles. The van der Waals surface area contributed by atoms with Crippen molar-refractivity contribution >= 4 is 27.5 Å². The Kier molecular flexibility index (Phi) is 5.53. The Balaban J connectivity index is 1.52. The van der Waals surface area contributed by atoms with Crippen molar-refractivity contribution in [1.29, 1.82) is 0 Å². The van der Waals surface area contributed by atoms with Gasteiger partial charge >= 0.3 is 0 Å². The standard InChI is InChI=1S/C18H20BrClN2/c19-17-7-3-1-5-15(17)13-21-9-11-22(12-10-21)14-16-6-2-4-8-18(16)20/h1-8H,9-14H2/p+2. The zero-order chi connectivity index (χ0) is 15.4. The molecule has 0 aliphatic carbocycles. The van der Waals surface area contributed by atoms with Crippen LogP contribution in [0.25, 0.3) is 0 Å². The number of quaternary nitrogens is 2. The van der Waals surface area contributed by atoms with Crippen molar-refractivity contribution in [3.8, 4) is 0 Å². The summed E-state index contributed by atoms with van der Waals surface area (Å²) < 4.78 is 1.23. The van der Waals surface area contributed by atoms with Gasteiger partial charge in [-0.25, -0.2) is 0 Å². The summed E-state index contributed by atoms with van der Waals surface area (Å²) in [4.78, 5) is 3.32. The van der Waals surface area contributed by atoms with E-state index in [9.17, 15) is 0 Å². The van der Waals surface area contributed by atoms with Crippen LogP contribution in [0, 0.1) is 0 Å². The van der Waals surface area contributed by atoms with Gasteiger partial charge in [-0.15, -0.1) is 0 Å². The van der Waals surface area contributed by atoms with Gasteiger partial charge in [-0.3, -0.25) is 0 Å². The van der Waals surface area contributed by atoms with E-state index in [4.69, 9.17) is 11.6 Å². The zero-order valence-electron chi connectivity index (χ0n) is 12.6. The van der Waals surface area contributed by atoms with Gasteiger partial charge in [0.05, 0.1) is 0 Å². The van der Waals surface area contributed by atoms with Crippen LogP contribution in [0.4, 0.5) is 0 Å². The summed E-state index contributed by atoms with van der Waals surface area (Å²) >= 11 is 9.93. The second kappa shape index (κ2) is 7.60. The molecule has 2 N–H and O–H groups in total. The van der Waals surface area contributed by atoms with Crippen LogP contribution >= 0.6 is 27.5 Å². The Hall–Kier alpha value is -0.870. The maximum Gasteiger partial charge on any atom is 0.127 e. The van der Waals surface area contributed by atoms with Crippen LogP contribution in [0.2, 0.25) is 5.02 Å². The fraction of sp³-hybridized carbons (Fsp3) is 0.333. The molecule has 1 aliphatic rings. The molecule has 2 aromatic carbocycles. The molecule has 0 saturated carbocycles.